The molecule has 0 saturated heterocycles. The normalized spacial score (nSPS) is 10.9. The summed E-state index contributed by atoms with van der Waals surface area (Å²) in [6.07, 6.45) is 2.07. The van der Waals surface area contributed by atoms with E-state index in [4.69, 9.17) is 5.73 Å². The Morgan fingerprint density at radius 1 is 1.46 bits per heavy atom. The van der Waals surface area contributed by atoms with Crippen molar-refractivity contribution < 1.29 is 0 Å². The molecule has 13 heavy (non-hydrogen) atoms. The minimum Gasteiger partial charge on any atom is -0.398 e. The predicted octanol–water partition coefficient (Wildman–Crippen LogP) is 3.81. The number of hydrogen-bond donors (Lipinski definition) is 1. The number of rotatable bonds is 1. The third kappa shape index (κ3) is 1.55. The highest BCUT2D eigenvalue weighted by Gasteiger charge is 2.08. The molecule has 1 heterocycles. The van der Waals surface area contributed by atoms with Crippen LogP contribution in [0.2, 0.25) is 0 Å². The molecule has 0 aliphatic carbocycles. The van der Waals surface area contributed by atoms with Gasteiger partial charge in [0.15, 0.2) is 0 Å². The molecule has 0 unspecified atom stereocenters. The van der Waals surface area contributed by atoms with Gasteiger partial charge in [-0.25, -0.2) is 0 Å². The summed E-state index contributed by atoms with van der Waals surface area (Å²) in [5, 5.41) is 3.49. The molecule has 0 aliphatic heterocycles. The van der Waals surface area contributed by atoms with Gasteiger partial charge in [0.25, 0.3) is 0 Å². The number of nitrogen functional groups attached to an aromatic ring is 1. The van der Waals surface area contributed by atoms with Crippen LogP contribution in [-0.4, -0.2) is 6.26 Å². The molecule has 1 aromatic heterocycles. The van der Waals surface area contributed by atoms with Gasteiger partial charge >= 0.3 is 0 Å². The molecule has 1 nitrogen and oxygen atoms in total. The fourth-order valence-corrected chi connectivity index (χ4v) is 4.15. The molecule has 0 atom stereocenters. The minimum atomic E-state index is 0.887. The maximum atomic E-state index is 5.89. The average Bonchev–Trinajstić information content (AvgIpc) is 2.48. The lowest BCUT2D eigenvalue weighted by atomic mass is 10.2. The van der Waals surface area contributed by atoms with Gasteiger partial charge < -0.3 is 5.73 Å². The number of halogens is 1. The molecule has 0 saturated carbocycles. The van der Waals surface area contributed by atoms with Gasteiger partial charge in [-0.3, -0.25) is 0 Å². The molecule has 1 aromatic carbocycles. The summed E-state index contributed by atoms with van der Waals surface area (Å²) in [5.74, 6) is 0. The third-order valence-electron chi connectivity index (χ3n) is 1.88. The van der Waals surface area contributed by atoms with Crippen LogP contribution in [0, 0.1) is 3.57 Å². The van der Waals surface area contributed by atoms with Crippen LogP contribution in [0.3, 0.4) is 0 Å². The Labute approximate surface area is 98.8 Å². The van der Waals surface area contributed by atoms with Crippen molar-refractivity contribution in [2.24, 2.45) is 0 Å². The molecule has 2 rings (SSSR count). The van der Waals surface area contributed by atoms with Crippen LogP contribution in [0.5, 0.6) is 0 Å². The van der Waals surface area contributed by atoms with Gasteiger partial charge in [0, 0.05) is 24.9 Å². The fraction of sp³-hybridized carbons (Fsp3) is 0.111. The van der Waals surface area contributed by atoms with Gasteiger partial charge in [0.05, 0.1) is 4.70 Å². The molecular weight excluding hydrogens is 313 g/mol. The van der Waals surface area contributed by atoms with Crippen molar-refractivity contribution in [2.75, 3.05) is 12.0 Å². The van der Waals surface area contributed by atoms with E-state index in [1.807, 2.05) is 6.07 Å². The first kappa shape index (κ1) is 9.61. The van der Waals surface area contributed by atoms with Crippen molar-refractivity contribution in [1.29, 1.82) is 0 Å². The lowest BCUT2D eigenvalue weighted by molar-refractivity contribution is 1.57. The summed E-state index contributed by atoms with van der Waals surface area (Å²) in [4.78, 5) is 1.21. The van der Waals surface area contributed by atoms with E-state index in [1.54, 1.807) is 23.1 Å². The Bertz CT molecular complexity index is 450. The molecule has 0 radical (unpaired) electrons. The van der Waals surface area contributed by atoms with E-state index in [1.165, 1.54) is 18.6 Å². The molecule has 0 spiro atoms. The van der Waals surface area contributed by atoms with Crippen molar-refractivity contribution in [2.45, 2.75) is 4.90 Å². The van der Waals surface area contributed by atoms with E-state index in [0.29, 0.717) is 0 Å². The lowest BCUT2D eigenvalue weighted by Crippen LogP contribution is -1.87. The summed E-state index contributed by atoms with van der Waals surface area (Å²) < 4.78 is 2.63. The summed E-state index contributed by atoms with van der Waals surface area (Å²) >= 11 is 5.85. The van der Waals surface area contributed by atoms with Gasteiger partial charge in [-0.15, -0.1) is 23.1 Å². The highest BCUT2D eigenvalue weighted by atomic mass is 127. The highest BCUT2D eigenvalue weighted by Crippen LogP contribution is 2.37. The Balaban J connectivity index is 2.85. The number of fused-ring (bicyclic) bond motifs is 1. The standard InChI is InChI=1S/C9H8INS2/c1-12-9-7(11)3-2-5-6(10)4-13-8(5)9/h2-4H,11H2,1H3. The minimum absolute atomic E-state index is 0.887. The first-order valence-electron chi connectivity index (χ1n) is 3.73. The molecule has 68 valence electrons. The zero-order chi connectivity index (χ0) is 9.42. The maximum absolute atomic E-state index is 5.89. The second kappa shape index (κ2) is 3.67. The zero-order valence-corrected chi connectivity index (χ0v) is 10.8. The molecule has 0 bridgehead atoms. The summed E-state index contributed by atoms with van der Waals surface area (Å²) in [7, 11) is 0. The molecule has 2 aromatic rings. The molecule has 0 fully saturated rings. The maximum Gasteiger partial charge on any atom is 0.0510 e. The van der Waals surface area contributed by atoms with Gasteiger partial charge in [-0.1, -0.05) is 6.07 Å². The van der Waals surface area contributed by atoms with E-state index in [9.17, 15) is 0 Å². The van der Waals surface area contributed by atoms with Crippen LogP contribution >= 0.6 is 45.7 Å². The molecular formula is C9H8INS2. The molecule has 0 amide bonds. The van der Waals surface area contributed by atoms with Crippen molar-refractivity contribution in [3.05, 3.63) is 21.1 Å². The number of hydrogen-bond acceptors (Lipinski definition) is 3. The smallest absolute Gasteiger partial charge is 0.0510 e. The van der Waals surface area contributed by atoms with Gasteiger partial charge in [0.2, 0.25) is 0 Å². The number of nitrogens with two attached hydrogens (primary N) is 1. The van der Waals surface area contributed by atoms with Crippen molar-refractivity contribution >= 4 is 61.5 Å². The summed E-state index contributed by atoms with van der Waals surface area (Å²) in [6, 6.07) is 4.09. The number of benzene rings is 1. The van der Waals surface area contributed by atoms with Crippen molar-refractivity contribution in [3.63, 3.8) is 0 Å². The Kier molecular flexibility index (Phi) is 2.71. The predicted molar refractivity (Wildman–Crippen MR) is 70.7 cm³/mol. The first-order valence-corrected chi connectivity index (χ1v) is 6.91. The number of anilines is 1. The Morgan fingerprint density at radius 3 is 2.92 bits per heavy atom. The topological polar surface area (TPSA) is 26.0 Å². The highest BCUT2D eigenvalue weighted by molar-refractivity contribution is 14.1. The number of thiophene rings is 1. The Hall–Kier alpha value is 0.0600. The van der Waals surface area contributed by atoms with Crippen LogP contribution in [0.4, 0.5) is 5.69 Å². The summed E-state index contributed by atoms with van der Waals surface area (Å²) in [6.45, 7) is 0. The zero-order valence-electron chi connectivity index (χ0n) is 7.00. The van der Waals surface area contributed by atoms with Crippen LogP contribution in [0.1, 0.15) is 0 Å². The quantitative estimate of drug-likeness (QED) is 0.491. The number of thioether (sulfide) groups is 1. The van der Waals surface area contributed by atoms with E-state index in [2.05, 4.69) is 40.3 Å². The molecule has 2 N–H and O–H groups in total. The van der Waals surface area contributed by atoms with Gasteiger partial charge in [0.1, 0.15) is 0 Å². The second-order valence-electron chi connectivity index (χ2n) is 2.65. The monoisotopic (exact) mass is 321 g/mol. The van der Waals surface area contributed by atoms with Crippen LogP contribution in [-0.2, 0) is 0 Å². The van der Waals surface area contributed by atoms with Crippen molar-refractivity contribution in [1.82, 2.24) is 0 Å². The van der Waals surface area contributed by atoms with Crippen molar-refractivity contribution in [3.8, 4) is 0 Å². The van der Waals surface area contributed by atoms with E-state index < -0.39 is 0 Å². The lowest BCUT2D eigenvalue weighted by Gasteiger charge is -2.02. The molecule has 0 aliphatic rings. The van der Waals surface area contributed by atoms with Crippen LogP contribution < -0.4 is 5.73 Å². The van der Waals surface area contributed by atoms with Crippen LogP contribution in [0.25, 0.3) is 10.1 Å². The Morgan fingerprint density at radius 2 is 2.23 bits per heavy atom. The van der Waals surface area contributed by atoms with Gasteiger partial charge in [-0.2, -0.15) is 0 Å². The summed E-state index contributed by atoms with van der Waals surface area (Å²) in [5.41, 5.74) is 6.78. The second-order valence-corrected chi connectivity index (χ2v) is 5.51. The molecule has 4 heteroatoms. The fourth-order valence-electron chi connectivity index (χ4n) is 1.27. The van der Waals surface area contributed by atoms with Gasteiger partial charge in [-0.05, 0) is 34.9 Å². The SMILES string of the molecule is CSc1c(N)ccc2c(I)csc12. The van der Waals surface area contributed by atoms with E-state index in [0.717, 1.165) is 5.69 Å². The van der Waals surface area contributed by atoms with Crippen LogP contribution in [0.15, 0.2) is 22.4 Å². The van der Waals surface area contributed by atoms with E-state index >= 15 is 0 Å². The largest absolute Gasteiger partial charge is 0.398 e. The van der Waals surface area contributed by atoms with E-state index in [-0.39, 0.29) is 0 Å². The first-order chi connectivity index (χ1) is 6.24. The average molecular weight is 321 g/mol. The third-order valence-corrected chi connectivity index (χ3v) is 5.19.